The molecule has 0 aromatic heterocycles. The number of nitrogens with zero attached hydrogens (tertiary/aromatic N) is 1. The number of terminal acetylenes is 1. The summed E-state index contributed by atoms with van der Waals surface area (Å²) in [4.78, 5) is 13.1. The molecule has 2 unspecified atom stereocenters. The fourth-order valence-corrected chi connectivity index (χ4v) is 2.27. The third-order valence-corrected chi connectivity index (χ3v) is 2.92. The van der Waals surface area contributed by atoms with Gasteiger partial charge >= 0.3 is 5.97 Å². The standard InChI is InChI=1S/C11H17NO2/c1-3-7-12-8-5-6-9(11(13)14)10(12)4-2/h1,9-10H,4-8H2,2H3,(H,13,14). The van der Waals surface area contributed by atoms with Gasteiger partial charge < -0.3 is 5.11 Å². The van der Waals surface area contributed by atoms with Crippen molar-refractivity contribution in [2.24, 2.45) is 5.92 Å². The summed E-state index contributed by atoms with van der Waals surface area (Å²) in [7, 11) is 0. The average Bonchev–Trinajstić information content (AvgIpc) is 2.18. The Morgan fingerprint density at radius 1 is 1.71 bits per heavy atom. The smallest absolute Gasteiger partial charge is 0.308 e. The average molecular weight is 195 g/mol. The van der Waals surface area contributed by atoms with Crippen LogP contribution in [0.1, 0.15) is 26.2 Å². The Labute approximate surface area is 85.1 Å². The third kappa shape index (κ3) is 2.27. The van der Waals surface area contributed by atoms with Gasteiger partial charge in [-0.3, -0.25) is 9.69 Å². The molecule has 3 heteroatoms. The number of rotatable bonds is 3. The van der Waals surface area contributed by atoms with Crippen molar-refractivity contribution in [2.75, 3.05) is 13.1 Å². The minimum absolute atomic E-state index is 0.122. The minimum atomic E-state index is -0.682. The number of carboxylic acid groups (broad SMARTS) is 1. The SMILES string of the molecule is C#CCN1CCCC(C(=O)O)C1CC. The van der Waals surface area contributed by atoms with Crippen molar-refractivity contribution in [3.63, 3.8) is 0 Å². The number of piperidine rings is 1. The molecule has 0 saturated carbocycles. The molecule has 3 nitrogen and oxygen atoms in total. The van der Waals surface area contributed by atoms with E-state index in [1.54, 1.807) is 0 Å². The summed E-state index contributed by atoms with van der Waals surface area (Å²) >= 11 is 0. The summed E-state index contributed by atoms with van der Waals surface area (Å²) in [5.41, 5.74) is 0. The zero-order valence-corrected chi connectivity index (χ0v) is 8.57. The van der Waals surface area contributed by atoms with Gasteiger partial charge in [0.15, 0.2) is 0 Å². The maximum absolute atomic E-state index is 11.0. The van der Waals surface area contributed by atoms with Crippen molar-refractivity contribution >= 4 is 5.97 Å². The molecule has 0 aromatic carbocycles. The van der Waals surface area contributed by atoms with Gasteiger partial charge in [0.1, 0.15) is 0 Å². The van der Waals surface area contributed by atoms with E-state index in [2.05, 4.69) is 10.8 Å². The van der Waals surface area contributed by atoms with E-state index in [-0.39, 0.29) is 12.0 Å². The van der Waals surface area contributed by atoms with Crippen LogP contribution in [0.2, 0.25) is 0 Å². The monoisotopic (exact) mass is 195 g/mol. The van der Waals surface area contributed by atoms with Gasteiger partial charge in [-0.25, -0.2) is 0 Å². The number of hydrogen-bond acceptors (Lipinski definition) is 2. The van der Waals surface area contributed by atoms with E-state index in [1.807, 2.05) is 6.92 Å². The quantitative estimate of drug-likeness (QED) is 0.688. The summed E-state index contributed by atoms with van der Waals surface area (Å²) < 4.78 is 0. The molecule has 78 valence electrons. The van der Waals surface area contributed by atoms with E-state index < -0.39 is 5.97 Å². The first-order chi connectivity index (χ1) is 6.70. The molecule has 1 rings (SSSR count). The fraction of sp³-hybridized carbons (Fsp3) is 0.727. The Hall–Kier alpha value is -1.01. The minimum Gasteiger partial charge on any atom is -0.481 e. The molecule has 0 spiro atoms. The van der Waals surface area contributed by atoms with Crippen molar-refractivity contribution in [3.05, 3.63) is 0 Å². The van der Waals surface area contributed by atoms with Gasteiger partial charge in [0.05, 0.1) is 12.5 Å². The Morgan fingerprint density at radius 3 is 2.93 bits per heavy atom. The van der Waals surface area contributed by atoms with Crippen molar-refractivity contribution in [1.82, 2.24) is 4.90 Å². The molecule has 1 heterocycles. The molecule has 1 N–H and O–H groups in total. The number of aliphatic carboxylic acids is 1. The van der Waals surface area contributed by atoms with Crippen molar-refractivity contribution in [3.8, 4) is 12.3 Å². The molecule has 1 saturated heterocycles. The molecule has 2 atom stereocenters. The first-order valence-electron chi connectivity index (χ1n) is 5.11. The first-order valence-corrected chi connectivity index (χ1v) is 5.11. The summed E-state index contributed by atoms with van der Waals surface area (Å²) in [6.07, 6.45) is 7.84. The van der Waals surface area contributed by atoms with Crippen molar-refractivity contribution in [1.29, 1.82) is 0 Å². The van der Waals surface area contributed by atoms with Crippen LogP contribution >= 0.6 is 0 Å². The van der Waals surface area contributed by atoms with Crippen LogP contribution < -0.4 is 0 Å². The zero-order valence-electron chi connectivity index (χ0n) is 8.57. The van der Waals surface area contributed by atoms with Gasteiger partial charge in [-0.2, -0.15) is 0 Å². The third-order valence-electron chi connectivity index (χ3n) is 2.92. The highest BCUT2D eigenvalue weighted by atomic mass is 16.4. The molecule has 0 amide bonds. The lowest BCUT2D eigenvalue weighted by atomic mass is 9.87. The Morgan fingerprint density at radius 2 is 2.43 bits per heavy atom. The van der Waals surface area contributed by atoms with Gasteiger partial charge in [0, 0.05) is 6.04 Å². The normalized spacial score (nSPS) is 28.3. The Bertz CT molecular complexity index is 244. The zero-order chi connectivity index (χ0) is 10.6. The van der Waals surface area contributed by atoms with Crippen LogP contribution in [0.5, 0.6) is 0 Å². The van der Waals surface area contributed by atoms with Gasteiger partial charge in [0.25, 0.3) is 0 Å². The molecule has 1 aliphatic rings. The second-order valence-electron chi connectivity index (χ2n) is 3.74. The second kappa shape index (κ2) is 5.02. The van der Waals surface area contributed by atoms with Crippen LogP contribution in [0.3, 0.4) is 0 Å². The lowest BCUT2D eigenvalue weighted by Gasteiger charge is -2.38. The van der Waals surface area contributed by atoms with E-state index in [9.17, 15) is 4.79 Å². The molecule has 1 fully saturated rings. The summed E-state index contributed by atoms with van der Waals surface area (Å²) in [6, 6.07) is 0.122. The van der Waals surface area contributed by atoms with E-state index in [1.165, 1.54) is 0 Å². The van der Waals surface area contributed by atoms with Gasteiger partial charge in [0.2, 0.25) is 0 Å². The molecular weight excluding hydrogens is 178 g/mol. The largest absolute Gasteiger partial charge is 0.481 e. The number of hydrogen-bond donors (Lipinski definition) is 1. The second-order valence-corrected chi connectivity index (χ2v) is 3.74. The number of likely N-dealkylation sites (tertiary alicyclic amines) is 1. The first kappa shape index (κ1) is 11.1. The Balaban J connectivity index is 2.70. The maximum atomic E-state index is 11.0. The fourth-order valence-electron chi connectivity index (χ4n) is 2.27. The molecule has 14 heavy (non-hydrogen) atoms. The number of carboxylic acids is 1. The van der Waals surface area contributed by atoms with Gasteiger partial charge in [-0.15, -0.1) is 6.42 Å². The van der Waals surface area contributed by atoms with Crippen molar-refractivity contribution in [2.45, 2.75) is 32.2 Å². The molecule has 0 bridgehead atoms. The molecule has 0 aliphatic carbocycles. The van der Waals surface area contributed by atoms with Gasteiger partial charge in [-0.1, -0.05) is 12.8 Å². The summed E-state index contributed by atoms with van der Waals surface area (Å²) in [5, 5.41) is 9.05. The predicted molar refractivity (Wildman–Crippen MR) is 54.8 cm³/mol. The highest BCUT2D eigenvalue weighted by molar-refractivity contribution is 5.71. The number of carbonyl (C=O) groups is 1. The highest BCUT2D eigenvalue weighted by Gasteiger charge is 2.34. The topological polar surface area (TPSA) is 40.5 Å². The van der Waals surface area contributed by atoms with E-state index in [0.717, 1.165) is 25.8 Å². The lowest BCUT2D eigenvalue weighted by Crippen LogP contribution is -2.47. The summed E-state index contributed by atoms with van der Waals surface area (Å²) in [6.45, 7) is 3.53. The van der Waals surface area contributed by atoms with Crippen LogP contribution in [0.25, 0.3) is 0 Å². The predicted octanol–water partition coefficient (Wildman–Crippen LogP) is 1.19. The van der Waals surface area contributed by atoms with Crippen LogP contribution in [-0.4, -0.2) is 35.1 Å². The molecule has 0 aromatic rings. The Kier molecular flexibility index (Phi) is 3.97. The van der Waals surface area contributed by atoms with E-state index >= 15 is 0 Å². The van der Waals surface area contributed by atoms with Crippen LogP contribution in [0.4, 0.5) is 0 Å². The lowest BCUT2D eigenvalue weighted by molar-refractivity contribution is -0.146. The summed E-state index contributed by atoms with van der Waals surface area (Å²) in [5.74, 6) is 1.68. The highest BCUT2D eigenvalue weighted by Crippen LogP contribution is 2.25. The van der Waals surface area contributed by atoms with Crippen LogP contribution in [-0.2, 0) is 4.79 Å². The van der Waals surface area contributed by atoms with Crippen LogP contribution in [0, 0.1) is 18.3 Å². The molecular formula is C11H17NO2. The van der Waals surface area contributed by atoms with Crippen LogP contribution in [0.15, 0.2) is 0 Å². The maximum Gasteiger partial charge on any atom is 0.308 e. The van der Waals surface area contributed by atoms with Crippen molar-refractivity contribution < 1.29 is 9.90 Å². The van der Waals surface area contributed by atoms with E-state index in [4.69, 9.17) is 11.5 Å². The molecule has 0 radical (unpaired) electrons. The van der Waals surface area contributed by atoms with Gasteiger partial charge in [-0.05, 0) is 25.8 Å². The van der Waals surface area contributed by atoms with E-state index in [0.29, 0.717) is 6.54 Å². The molecule has 1 aliphatic heterocycles.